The number of nitrogens with zero attached hydrogens (tertiary/aromatic N) is 1. The lowest BCUT2D eigenvalue weighted by Gasteiger charge is -2.34. The van der Waals surface area contributed by atoms with E-state index in [-0.39, 0.29) is 23.1 Å². The van der Waals surface area contributed by atoms with Gasteiger partial charge in [-0.2, -0.15) is 0 Å². The fraction of sp³-hybridized carbons (Fsp3) is 0.579. The van der Waals surface area contributed by atoms with Gasteiger partial charge in [0.25, 0.3) is 0 Å². The molecule has 1 N–H and O–H groups in total. The van der Waals surface area contributed by atoms with Crippen molar-refractivity contribution in [2.45, 2.75) is 58.3 Å². The molecule has 0 spiro atoms. The van der Waals surface area contributed by atoms with E-state index >= 15 is 0 Å². The zero-order valence-electron chi connectivity index (χ0n) is 15.5. The van der Waals surface area contributed by atoms with Crippen molar-refractivity contribution in [2.75, 3.05) is 13.1 Å². The van der Waals surface area contributed by atoms with Gasteiger partial charge in [0.15, 0.2) is 0 Å². The quantitative estimate of drug-likeness (QED) is 0.772. The highest BCUT2D eigenvalue weighted by Crippen LogP contribution is 2.39. The number of benzene rings is 1. The Hall–Kier alpha value is -2.15. The van der Waals surface area contributed by atoms with Gasteiger partial charge < -0.3 is 19.5 Å². The number of hydrogen-bond donors (Lipinski definition) is 1. The number of piperidine rings is 1. The molecule has 1 saturated heterocycles. The third kappa shape index (κ3) is 3.40. The summed E-state index contributed by atoms with van der Waals surface area (Å²) in [6.45, 7) is 8.08. The van der Waals surface area contributed by atoms with Crippen LogP contribution in [0.2, 0.25) is 0 Å². The smallest absolute Gasteiger partial charge is 0.410 e. The molecule has 0 radical (unpaired) electrons. The number of fused-ring (bicyclic) bond motifs is 1. The predicted molar refractivity (Wildman–Crippen MR) is 91.3 cm³/mol. The first-order valence-corrected chi connectivity index (χ1v) is 8.78. The lowest BCUT2D eigenvalue weighted by molar-refractivity contribution is -0.0563. The SMILES string of the molecule is Cc1cc(C2CCN(C(=O)OC(C)(C)C)CC2)c(F)c2c1C(=O)OC2O. The van der Waals surface area contributed by atoms with Gasteiger partial charge in [0.2, 0.25) is 6.29 Å². The number of likely N-dealkylation sites (tertiary alicyclic amines) is 1. The Bertz CT molecular complexity index is 747. The second-order valence-corrected chi connectivity index (χ2v) is 7.88. The van der Waals surface area contributed by atoms with Crippen molar-refractivity contribution in [3.8, 4) is 0 Å². The maximum Gasteiger partial charge on any atom is 0.410 e. The van der Waals surface area contributed by atoms with E-state index < -0.39 is 23.7 Å². The monoisotopic (exact) mass is 365 g/mol. The first-order valence-electron chi connectivity index (χ1n) is 8.78. The Kier molecular flexibility index (Phi) is 4.69. The average molecular weight is 365 g/mol. The predicted octanol–water partition coefficient (Wildman–Crippen LogP) is 3.41. The number of esters is 1. The van der Waals surface area contributed by atoms with Crippen LogP contribution in [0.25, 0.3) is 0 Å². The zero-order valence-corrected chi connectivity index (χ0v) is 15.5. The van der Waals surface area contributed by atoms with E-state index in [9.17, 15) is 19.1 Å². The summed E-state index contributed by atoms with van der Waals surface area (Å²) in [5, 5.41) is 9.85. The van der Waals surface area contributed by atoms with Crippen LogP contribution in [0.15, 0.2) is 6.07 Å². The van der Waals surface area contributed by atoms with Crippen molar-refractivity contribution in [2.24, 2.45) is 0 Å². The van der Waals surface area contributed by atoms with Crippen LogP contribution in [0.5, 0.6) is 0 Å². The van der Waals surface area contributed by atoms with Crippen molar-refractivity contribution in [1.29, 1.82) is 0 Å². The van der Waals surface area contributed by atoms with E-state index in [0.29, 0.717) is 37.1 Å². The Labute approximate surface area is 151 Å². The molecular weight excluding hydrogens is 341 g/mol. The molecule has 1 unspecified atom stereocenters. The van der Waals surface area contributed by atoms with Gasteiger partial charge in [0, 0.05) is 13.1 Å². The molecule has 6 nitrogen and oxygen atoms in total. The summed E-state index contributed by atoms with van der Waals surface area (Å²) in [5.41, 5.74) is 0.541. The van der Waals surface area contributed by atoms with Crippen LogP contribution in [-0.4, -0.2) is 40.8 Å². The molecule has 3 rings (SSSR count). The standard InChI is InChI=1S/C19H24FNO5/c1-10-9-12(15(20)14-13(10)16(22)25-17(14)23)11-5-7-21(8-6-11)18(24)26-19(2,3)4/h9,11,17,23H,5-8H2,1-4H3. The van der Waals surface area contributed by atoms with Crippen LogP contribution in [0.1, 0.15) is 72.9 Å². The number of carbonyl (C=O) groups is 2. The largest absolute Gasteiger partial charge is 0.444 e. The number of hydrogen-bond acceptors (Lipinski definition) is 5. The van der Waals surface area contributed by atoms with E-state index in [0.717, 1.165) is 0 Å². The number of aliphatic hydroxyl groups excluding tert-OH is 1. The lowest BCUT2D eigenvalue weighted by atomic mass is 9.85. The molecular formula is C19H24FNO5. The summed E-state index contributed by atoms with van der Waals surface area (Å²) < 4.78 is 25.1. The maximum absolute atomic E-state index is 14.9. The van der Waals surface area contributed by atoms with Crippen molar-refractivity contribution >= 4 is 12.1 Å². The molecule has 2 aliphatic heterocycles. The molecule has 0 saturated carbocycles. The third-order valence-corrected chi connectivity index (χ3v) is 4.78. The number of amides is 1. The van der Waals surface area contributed by atoms with E-state index in [1.807, 2.05) is 20.8 Å². The number of aliphatic hydroxyl groups is 1. The molecule has 142 valence electrons. The molecule has 0 aliphatic carbocycles. The number of carbonyl (C=O) groups excluding carboxylic acids is 2. The highest BCUT2D eigenvalue weighted by Gasteiger charge is 2.37. The molecule has 26 heavy (non-hydrogen) atoms. The summed E-state index contributed by atoms with van der Waals surface area (Å²) in [7, 11) is 0. The number of halogens is 1. The minimum absolute atomic E-state index is 0.0698. The van der Waals surface area contributed by atoms with Crippen LogP contribution in [0.4, 0.5) is 9.18 Å². The summed E-state index contributed by atoms with van der Waals surface area (Å²) in [5.74, 6) is -1.38. The minimum Gasteiger partial charge on any atom is -0.444 e. The van der Waals surface area contributed by atoms with Gasteiger partial charge >= 0.3 is 12.1 Å². The van der Waals surface area contributed by atoms with Gasteiger partial charge in [-0.05, 0) is 57.6 Å². The van der Waals surface area contributed by atoms with Crippen LogP contribution < -0.4 is 0 Å². The molecule has 0 bridgehead atoms. The lowest BCUT2D eigenvalue weighted by Crippen LogP contribution is -2.41. The topological polar surface area (TPSA) is 76.1 Å². The first-order chi connectivity index (χ1) is 12.1. The summed E-state index contributed by atoms with van der Waals surface area (Å²) in [4.78, 5) is 25.5. The summed E-state index contributed by atoms with van der Waals surface area (Å²) >= 11 is 0. The van der Waals surface area contributed by atoms with E-state index in [1.54, 1.807) is 17.9 Å². The van der Waals surface area contributed by atoms with E-state index in [2.05, 4.69) is 0 Å². The fourth-order valence-corrected chi connectivity index (χ4v) is 3.57. The summed E-state index contributed by atoms with van der Waals surface area (Å²) in [6, 6.07) is 1.65. The summed E-state index contributed by atoms with van der Waals surface area (Å²) in [6.07, 6.45) is -0.757. The second kappa shape index (κ2) is 6.54. The maximum atomic E-state index is 14.9. The molecule has 1 aromatic rings. The van der Waals surface area contributed by atoms with Gasteiger partial charge in [-0.15, -0.1) is 0 Å². The van der Waals surface area contributed by atoms with Crippen molar-refractivity contribution in [3.05, 3.63) is 34.1 Å². The van der Waals surface area contributed by atoms with Crippen LogP contribution in [-0.2, 0) is 9.47 Å². The molecule has 1 amide bonds. The third-order valence-electron chi connectivity index (χ3n) is 4.78. The van der Waals surface area contributed by atoms with Crippen molar-refractivity contribution < 1.29 is 28.6 Å². The average Bonchev–Trinajstić information content (AvgIpc) is 2.84. The van der Waals surface area contributed by atoms with Crippen LogP contribution in [0.3, 0.4) is 0 Å². The van der Waals surface area contributed by atoms with Gasteiger partial charge in [0.05, 0.1) is 11.1 Å². The Balaban J connectivity index is 1.77. The highest BCUT2D eigenvalue weighted by atomic mass is 19.1. The molecule has 0 aromatic heterocycles. The first kappa shape index (κ1) is 18.6. The molecule has 1 aromatic carbocycles. The zero-order chi connectivity index (χ0) is 19.2. The Morgan fingerprint density at radius 2 is 1.96 bits per heavy atom. The second-order valence-electron chi connectivity index (χ2n) is 7.88. The Morgan fingerprint density at radius 3 is 2.54 bits per heavy atom. The number of cyclic esters (lactones) is 1. The highest BCUT2D eigenvalue weighted by molar-refractivity contribution is 5.95. The van der Waals surface area contributed by atoms with Crippen molar-refractivity contribution in [1.82, 2.24) is 4.90 Å². The van der Waals surface area contributed by atoms with Gasteiger partial charge in [-0.25, -0.2) is 14.0 Å². The molecule has 7 heteroatoms. The van der Waals surface area contributed by atoms with Gasteiger partial charge in [-0.1, -0.05) is 6.07 Å². The van der Waals surface area contributed by atoms with E-state index in [1.165, 1.54) is 0 Å². The Morgan fingerprint density at radius 1 is 1.35 bits per heavy atom. The van der Waals surface area contributed by atoms with E-state index in [4.69, 9.17) is 9.47 Å². The number of rotatable bonds is 1. The molecule has 2 heterocycles. The number of ether oxygens (including phenoxy) is 2. The molecule has 1 fully saturated rings. The fourth-order valence-electron chi connectivity index (χ4n) is 3.57. The van der Waals surface area contributed by atoms with Crippen LogP contribution in [0, 0.1) is 12.7 Å². The van der Waals surface area contributed by atoms with Crippen molar-refractivity contribution in [3.63, 3.8) is 0 Å². The van der Waals surface area contributed by atoms with Gasteiger partial charge in [-0.3, -0.25) is 0 Å². The molecule has 2 aliphatic rings. The minimum atomic E-state index is -1.56. The van der Waals surface area contributed by atoms with Crippen LogP contribution >= 0.6 is 0 Å². The number of aryl methyl sites for hydroxylation is 1. The van der Waals surface area contributed by atoms with Gasteiger partial charge in [0.1, 0.15) is 11.4 Å². The normalized spacial score (nSPS) is 20.8. The molecule has 1 atom stereocenters.